The van der Waals surface area contributed by atoms with Crippen molar-refractivity contribution >= 4 is 11.8 Å². The summed E-state index contributed by atoms with van der Waals surface area (Å²) in [5, 5.41) is 0. The van der Waals surface area contributed by atoms with E-state index in [0.29, 0.717) is 11.4 Å². The Kier molecular flexibility index (Phi) is 7.64. The van der Waals surface area contributed by atoms with Crippen LogP contribution < -0.4 is 9.64 Å². The maximum Gasteiger partial charge on any atom is 0.422 e. The second-order valence-corrected chi connectivity index (χ2v) is 7.77. The lowest BCUT2D eigenvalue weighted by Gasteiger charge is -2.19. The third kappa shape index (κ3) is 5.80. The van der Waals surface area contributed by atoms with Crippen LogP contribution >= 0.6 is 0 Å². The molecule has 0 N–H and O–H groups in total. The summed E-state index contributed by atoms with van der Waals surface area (Å²) in [4.78, 5) is 16.0. The molecule has 1 aliphatic rings. The zero-order valence-electron chi connectivity index (χ0n) is 17.4. The molecule has 0 fully saturated rings. The Morgan fingerprint density at radius 2 is 1.93 bits per heavy atom. The van der Waals surface area contributed by atoms with Crippen LogP contribution in [0.5, 0.6) is 5.75 Å². The molecule has 0 aromatic heterocycles. The standard InChI is InChI=1S/C24H31FN2O2/c1-3-15-26(2)16-9-5-6-10-19-13-14-22-20(17-19)18-23(25)27(22)24(28)29-21-11-7-4-8-12-21/h4,7-8,11-14,17,23H,3,5-6,9-10,15-16,18H2,1-2H3. The number of rotatable bonds is 9. The average molecular weight is 399 g/mol. The fraction of sp³-hybridized carbons (Fsp3) is 0.458. The van der Waals surface area contributed by atoms with Gasteiger partial charge in [-0.2, -0.15) is 0 Å². The van der Waals surface area contributed by atoms with Crippen molar-refractivity contribution < 1.29 is 13.9 Å². The number of ether oxygens (including phenoxy) is 1. The summed E-state index contributed by atoms with van der Waals surface area (Å²) in [5.41, 5.74) is 2.70. The molecule has 0 aliphatic carbocycles. The number of hydrogen-bond donors (Lipinski definition) is 0. The molecule has 1 aliphatic heterocycles. The molecule has 5 heteroatoms. The van der Waals surface area contributed by atoms with Crippen LogP contribution in [0.1, 0.15) is 43.7 Å². The van der Waals surface area contributed by atoms with E-state index >= 15 is 0 Å². The van der Waals surface area contributed by atoms with Gasteiger partial charge in [-0.25, -0.2) is 14.1 Å². The van der Waals surface area contributed by atoms with E-state index in [-0.39, 0.29) is 6.42 Å². The summed E-state index contributed by atoms with van der Waals surface area (Å²) in [6.07, 6.45) is 3.84. The Bertz CT molecular complexity index is 797. The number of carbonyl (C=O) groups excluding carboxylic acids is 1. The summed E-state index contributed by atoms with van der Waals surface area (Å²) < 4.78 is 19.9. The number of para-hydroxylation sites is 1. The molecular formula is C24H31FN2O2. The highest BCUT2D eigenvalue weighted by atomic mass is 19.1. The molecule has 0 bridgehead atoms. The molecule has 3 rings (SSSR count). The fourth-order valence-corrected chi connectivity index (χ4v) is 3.85. The number of fused-ring (bicyclic) bond motifs is 1. The van der Waals surface area contributed by atoms with E-state index in [1.807, 2.05) is 24.3 Å². The topological polar surface area (TPSA) is 32.8 Å². The molecule has 0 saturated heterocycles. The SMILES string of the molecule is CCCN(C)CCCCCc1ccc2c(c1)CC(F)N2C(=O)Oc1ccccc1. The van der Waals surface area contributed by atoms with Crippen LogP contribution in [0.3, 0.4) is 0 Å². The average Bonchev–Trinajstić information content (AvgIpc) is 3.03. The lowest BCUT2D eigenvalue weighted by atomic mass is 10.0. The van der Waals surface area contributed by atoms with Crippen LogP contribution in [0.2, 0.25) is 0 Å². The second-order valence-electron chi connectivity index (χ2n) is 7.77. The lowest BCUT2D eigenvalue weighted by Crippen LogP contribution is -2.37. The lowest BCUT2D eigenvalue weighted by molar-refractivity contribution is 0.196. The first kappa shape index (κ1) is 21.3. The molecule has 0 radical (unpaired) electrons. The van der Waals surface area contributed by atoms with Crippen LogP contribution in [0.15, 0.2) is 48.5 Å². The van der Waals surface area contributed by atoms with Gasteiger partial charge >= 0.3 is 6.09 Å². The van der Waals surface area contributed by atoms with Gasteiger partial charge in [-0.15, -0.1) is 0 Å². The molecular weight excluding hydrogens is 367 g/mol. The quantitative estimate of drug-likeness (QED) is 0.407. The van der Waals surface area contributed by atoms with Gasteiger partial charge < -0.3 is 9.64 Å². The molecule has 0 saturated carbocycles. The predicted molar refractivity (Wildman–Crippen MR) is 115 cm³/mol. The molecule has 156 valence electrons. The molecule has 1 heterocycles. The van der Waals surface area contributed by atoms with Crippen LogP contribution in [0, 0.1) is 0 Å². The first-order valence-electron chi connectivity index (χ1n) is 10.6. The summed E-state index contributed by atoms with van der Waals surface area (Å²) in [7, 11) is 2.17. The predicted octanol–water partition coefficient (Wildman–Crippen LogP) is 5.60. The van der Waals surface area contributed by atoms with Gasteiger partial charge in [0, 0.05) is 6.42 Å². The highest BCUT2D eigenvalue weighted by Crippen LogP contribution is 2.34. The molecule has 1 unspecified atom stereocenters. The maximum absolute atomic E-state index is 14.6. The molecule has 4 nitrogen and oxygen atoms in total. The van der Waals surface area contributed by atoms with E-state index in [1.54, 1.807) is 24.3 Å². The Balaban J connectivity index is 1.53. The van der Waals surface area contributed by atoms with Crippen molar-refractivity contribution in [3.63, 3.8) is 0 Å². The van der Waals surface area contributed by atoms with E-state index in [0.717, 1.165) is 36.4 Å². The fourth-order valence-electron chi connectivity index (χ4n) is 3.85. The van der Waals surface area contributed by atoms with Crippen molar-refractivity contribution in [3.8, 4) is 5.75 Å². The number of anilines is 1. The van der Waals surface area contributed by atoms with Crippen LogP contribution in [0.25, 0.3) is 0 Å². The molecule has 1 atom stereocenters. The Morgan fingerprint density at radius 3 is 2.69 bits per heavy atom. The number of halogens is 1. The number of carbonyl (C=O) groups is 1. The van der Waals surface area contributed by atoms with Gasteiger partial charge in [-0.1, -0.05) is 43.7 Å². The van der Waals surface area contributed by atoms with Gasteiger partial charge in [0.25, 0.3) is 0 Å². The highest BCUT2D eigenvalue weighted by Gasteiger charge is 2.35. The largest absolute Gasteiger partial charge is 0.422 e. The van der Waals surface area contributed by atoms with Crippen molar-refractivity contribution in [1.29, 1.82) is 0 Å². The number of hydrogen-bond acceptors (Lipinski definition) is 3. The number of amides is 1. The third-order valence-electron chi connectivity index (χ3n) is 5.33. The van der Waals surface area contributed by atoms with Gasteiger partial charge in [0.05, 0.1) is 5.69 Å². The zero-order valence-corrected chi connectivity index (χ0v) is 17.4. The Hall–Kier alpha value is -2.40. The number of unbranched alkanes of at least 4 members (excludes halogenated alkanes) is 2. The zero-order chi connectivity index (χ0) is 20.6. The first-order chi connectivity index (χ1) is 14.1. The van der Waals surface area contributed by atoms with Gasteiger partial charge in [0.1, 0.15) is 5.75 Å². The van der Waals surface area contributed by atoms with Gasteiger partial charge in [-0.3, -0.25) is 0 Å². The minimum atomic E-state index is -1.38. The number of nitrogens with zero attached hydrogens (tertiary/aromatic N) is 2. The van der Waals surface area contributed by atoms with E-state index in [1.165, 1.54) is 24.8 Å². The van der Waals surface area contributed by atoms with Crippen LogP contribution in [-0.2, 0) is 12.8 Å². The van der Waals surface area contributed by atoms with Crippen LogP contribution in [-0.4, -0.2) is 37.4 Å². The van der Waals surface area contributed by atoms with E-state index < -0.39 is 12.4 Å². The summed E-state index contributed by atoms with van der Waals surface area (Å²) in [6, 6.07) is 14.7. The first-order valence-corrected chi connectivity index (χ1v) is 10.6. The summed E-state index contributed by atoms with van der Waals surface area (Å²) >= 11 is 0. The van der Waals surface area contributed by atoms with Crippen molar-refractivity contribution in [2.24, 2.45) is 0 Å². The highest BCUT2D eigenvalue weighted by molar-refractivity contribution is 5.92. The smallest absolute Gasteiger partial charge is 0.410 e. The van der Waals surface area contributed by atoms with E-state index in [9.17, 15) is 9.18 Å². The minimum absolute atomic E-state index is 0.217. The molecule has 2 aromatic carbocycles. The van der Waals surface area contributed by atoms with E-state index in [4.69, 9.17) is 4.74 Å². The molecule has 2 aromatic rings. The Labute approximate surface area is 173 Å². The van der Waals surface area contributed by atoms with Crippen LogP contribution in [0.4, 0.5) is 14.9 Å². The molecule has 29 heavy (non-hydrogen) atoms. The summed E-state index contributed by atoms with van der Waals surface area (Å²) in [5.74, 6) is 0.416. The second kappa shape index (κ2) is 10.4. The third-order valence-corrected chi connectivity index (χ3v) is 5.33. The van der Waals surface area contributed by atoms with Gasteiger partial charge in [0.15, 0.2) is 6.30 Å². The van der Waals surface area contributed by atoms with Gasteiger partial charge in [-0.05, 0) is 75.1 Å². The Morgan fingerprint density at radius 1 is 1.14 bits per heavy atom. The monoisotopic (exact) mass is 398 g/mol. The molecule has 1 amide bonds. The van der Waals surface area contributed by atoms with Crippen molar-refractivity contribution in [3.05, 3.63) is 59.7 Å². The minimum Gasteiger partial charge on any atom is -0.410 e. The normalized spacial score (nSPS) is 15.6. The maximum atomic E-state index is 14.6. The van der Waals surface area contributed by atoms with Crippen molar-refractivity contribution in [2.45, 2.75) is 51.7 Å². The van der Waals surface area contributed by atoms with Crippen molar-refractivity contribution in [2.75, 3.05) is 25.0 Å². The number of benzene rings is 2. The number of aryl methyl sites for hydroxylation is 1. The number of alkyl halides is 1. The molecule has 0 spiro atoms. The van der Waals surface area contributed by atoms with E-state index in [2.05, 4.69) is 18.9 Å². The van der Waals surface area contributed by atoms with Crippen molar-refractivity contribution in [1.82, 2.24) is 4.90 Å². The van der Waals surface area contributed by atoms with Gasteiger partial charge in [0.2, 0.25) is 0 Å². The summed E-state index contributed by atoms with van der Waals surface area (Å²) in [6.45, 7) is 4.49.